The van der Waals surface area contributed by atoms with Gasteiger partial charge in [-0.05, 0) is 24.3 Å². The fourth-order valence-corrected chi connectivity index (χ4v) is 2.56. The number of hydrogen-bond donors (Lipinski definition) is 2. The van der Waals surface area contributed by atoms with Crippen LogP contribution >= 0.6 is 23.2 Å². The van der Waals surface area contributed by atoms with Gasteiger partial charge >= 0.3 is 12.2 Å². The van der Waals surface area contributed by atoms with Crippen molar-refractivity contribution in [3.63, 3.8) is 0 Å². The molecule has 0 radical (unpaired) electrons. The predicted molar refractivity (Wildman–Crippen MR) is 90.9 cm³/mol. The fourth-order valence-electron chi connectivity index (χ4n) is 1.97. The number of benzene rings is 2. The number of nitrogens with one attached hydrogen (secondary N) is 2. The molecule has 2 aromatic rings. The molecule has 0 saturated heterocycles. The number of alkyl halides is 3. The number of carbonyl (C=O) groups excluding carboxylic acids is 2. The van der Waals surface area contributed by atoms with E-state index in [1.54, 1.807) is 5.32 Å². The van der Waals surface area contributed by atoms with Crippen molar-refractivity contribution >= 4 is 40.8 Å². The highest BCUT2D eigenvalue weighted by atomic mass is 35.5. The van der Waals surface area contributed by atoms with Crippen molar-refractivity contribution in [1.82, 2.24) is 5.32 Å². The van der Waals surface area contributed by atoms with E-state index in [1.165, 1.54) is 0 Å². The Morgan fingerprint density at radius 3 is 2.07 bits per heavy atom. The molecule has 0 heterocycles. The Kier molecular flexibility index (Phi) is 6.68. The van der Waals surface area contributed by atoms with Crippen molar-refractivity contribution in [3.05, 3.63) is 57.6 Å². The first-order valence-electron chi connectivity index (χ1n) is 7.23. The van der Waals surface area contributed by atoms with E-state index in [2.05, 4.69) is 10.1 Å². The number of ether oxygens (including phenoxy) is 1. The fraction of sp³-hybridized carbons (Fsp3) is 0.125. The van der Waals surface area contributed by atoms with E-state index in [-0.39, 0.29) is 15.7 Å². The quantitative estimate of drug-likeness (QED) is 0.641. The van der Waals surface area contributed by atoms with Crippen molar-refractivity contribution in [2.24, 2.45) is 0 Å². The van der Waals surface area contributed by atoms with Gasteiger partial charge in [0.2, 0.25) is 0 Å². The molecule has 150 valence electrons. The number of carbonyl (C=O) groups is 2. The molecule has 0 aliphatic carbocycles. The first-order valence-corrected chi connectivity index (χ1v) is 7.98. The van der Waals surface area contributed by atoms with Gasteiger partial charge in [-0.25, -0.2) is 13.6 Å². The molecule has 0 aliphatic heterocycles. The molecule has 0 bridgehead atoms. The number of urea groups is 1. The van der Waals surface area contributed by atoms with Gasteiger partial charge in [0.15, 0.2) is 12.4 Å². The zero-order chi connectivity index (χ0) is 21.1. The molecule has 0 saturated carbocycles. The number of hydrogen-bond acceptors (Lipinski definition) is 3. The summed E-state index contributed by atoms with van der Waals surface area (Å²) in [6, 6.07) is 3.52. The van der Waals surface area contributed by atoms with Crippen LogP contribution in [0.3, 0.4) is 0 Å². The van der Waals surface area contributed by atoms with Gasteiger partial charge in [0.25, 0.3) is 5.91 Å². The number of anilines is 1. The van der Waals surface area contributed by atoms with E-state index < -0.39 is 47.7 Å². The van der Waals surface area contributed by atoms with Gasteiger partial charge in [-0.3, -0.25) is 10.1 Å². The van der Waals surface area contributed by atoms with Crippen molar-refractivity contribution in [2.45, 2.75) is 6.18 Å². The lowest BCUT2D eigenvalue weighted by molar-refractivity contribution is -0.153. The lowest BCUT2D eigenvalue weighted by Crippen LogP contribution is -2.35. The maximum Gasteiger partial charge on any atom is 0.422 e. The third-order valence-electron chi connectivity index (χ3n) is 3.05. The zero-order valence-corrected chi connectivity index (χ0v) is 15.0. The summed E-state index contributed by atoms with van der Waals surface area (Å²) >= 11 is 11.6. The van der Waals surface area contributed by atoms with E-state index in [0.717, 1.165) is 30.3 Å². The summed E-state index contributed by atoms with van der Waals surface area (Å²) in [7, 11) is 0. The molecule has 2 rings (SSSR count). The highest BCUT2D eigenvalue weighted by molar-refractivity contribution is 6.37. The first kappa shape index (κ1) is 21.7. The lowest BCUT2D eigenvalue weighted by Gasteiger charge is -2.14. The Balaban J connectivity index is 2.09. The molecular formula is C16H9Cl2F5N2O3. The second-order valence-corrected chi connectivity index (χ2v) is 5.99. The summed E-state index contributed by atoms with van der Waals surface area (Å²) in [6.07, 6.45) is -4.62. The SMILES string of the molecule is O=C(NC(=O)c1c(F)cccc1F)Nc1cc(Cl)c(OCC(F)(F)F)c(Cl)c1. The smallest absolute Gasteiger partial charge is 0.422 e. The molecule has 2 N–H and O–H groups in total. The van der Waals surface area contributed by atoms with Crippen molar-refractivity contribution in [1.29, 1.82) is 0 Å². The van der Waals surface area contributed by atoms with Crippen LogP contribution in [0.1, 0.15) is 10.4 Å². The monoisotopic (exact) mass is 442 g/mol. The maximum absolute atomic E-state index is 13.5. The summed E-state index contributed by atoms with van der Waals surface area (Å²) in [5.74, 6) is -4.17. The van der Waals surface area contributed by atoms with E-state index in [0.29, 0.717) is 0 Å². The van der Waals surface area contributed by atoms with Crippen molar-refractivity contribution in [3.8, 4) is 5.75 Å². The van der Waals surface area contributed by atoms with Crippen LogP contribution in [0.4, 0.5) is 32.4 Å². The molecular weight excluding hydrogens is 434 g/mol. The van der Waals surface area contributed by atoms with Gasteiger partial charge in [0, 0.05) is 5.69 Å². The summed E-state index contributed by atoms with van der Waals surface area (Å²) in [6.45, 7) is -1.64. The molecule has 2 aromatic carbocycles. The lowest BCUT2D eigenvalue weighted by atomic mass is 10.2. The average Bonchev–Trinajstić information content (AvgIpc) is 2.52. The average molecular weight is 443 g/mol. The third kappa shape index (κ3) is 5.70. The molecule has 0 fully saturated rings. The maximum atomic E-state index is 13.5. The number of amides is 3. The van der Waals surface area contributed by atoms with Crippen LogP contribution in [0.15, 0.2) is 30.3 Å². The Bertz CT molecular complexity index is 878. The van der Waals surface area contributed by atoms with Crippen molar-refractivity contribution in [2.75, 3.05) is 11.9 Å². The van der Waals surface area contributed by atoms with Crippen LogP contribution in [0, 0.1) is 11.6 Å². The molecule has 0 unspecified atom stereocenters. The number of imide groups is 1. The number of halogens is 7. The summed E-state index contributed by atoms with van der Waals surface area (Å²) in [5.41, 5.74) is -1.08. The molecule has 12 heteroatoms. The van der Waals surface area contributed by atoms with Gasteiger partial charge in [0.05, 0.1) is 10.0 Å². The number of rotatable bonds is 4. The Morgan fingerprint density at radius 2 is 1.57 bits per heavy atom. The Morgan fingerprint density at radius 1 is 1.04 bits per heavy atom. The minimum absolute atomic E-state index is 0.117. The standard InChI is InChI=1S/C16H9Cl2F5N2O3/c17-8-4-7(5-9(18)13(8)28-6-16(21,22)23)24-15(27)25-14(26)12-10(19)2-1-3-11(12)20/h1-5H,6H2,(H2,24,25,26,27). The zero-order valence-electron chi connectivity index (χ0n) is 13.5. The van der Waals surface area contributed by atoms with Gasteiger partial charge in [-0.15, -0.1) is 0 Å². The molecule has 0 aromatic heterocycles. The van der Waals surface area contributed by atoms with E-state index in [9.17, 15) is 31.5 Å². The summed E-state index contributed by atoms with van der Waals surface area (Å²) < 4.78 is 68.2. The van der Waals surface area contributed by atoms with Gasteiger partial charge in [0.1, 0.15) is 17.2 Å². The Labute approximate surface area is 164 Å². The largest absolute Gasteiger partial charge is 0.481 e. The van der Waals surface area contributed by atoms with Crippen LogP contribution in [0.2, 0.25) is 10.0 Å². The van der Waals surface area contributed by atoms with E-state index in [4.69, 9.17) is 23.2 Å². The van der Waals surface area contributed by atoms with Crippen LogP contribution < -0.4 is 15.4 Å². The summed E-state index contributed by atoms with van der Waals surface area (Å²) in [5, 5.41) is 3.09. The Hall–Kier alpha value is -2.59. The van der Waals surface area contributed by atoms with Crippen molar-refractivity contribution < 1.29 is 36.3 Å². The topological polar surface area (TPSA) is 67.4 Å². The first-order chi connectivity index (χ1) is 13.0. The van der Waals surface area contributed by atoms with Crippen LogP contribution in [-0.4, -0.2) is 24.7 Å². The highest BCUT2D eigenvalue weighted by Gasteiger charge is 2.29. The molecule has 3 amide bonds. The minimum Gasteiger partial charge on any atom is -0.481 e. The molecule has 5 nitrogen and oxygen atoms in total. The van der Waals surface area contributed by atoms with Gasteiger partial charge < -0.3 is 10.1 Å². The molecule has 0 atom stereocenters. The van der Waals surface area contributed by atoms with Gasteiger partial charge in [-0.1, -0.05) is 29.3 Å². The van der Waals surface area contributed by atoms with Crippen LogP contribution in [0.5, 0.6) is 5.75 Å². The highest BCUT2D eigenvalue weighted by Crippen LogP contribution is 2.36. The normalized spacial score (nSPS) is 11.1. The van der Waals surface area contributed by atoms with Crippen LogP contribution in [-0.2, 0) is 0 Å². The van der Waals surface area contributed by atoms with Crippen LogP contribution in [0.25, 0.3) is 0 Å². The summed E-state index contributed by atoms with van der Waals surface area (Å²) in [4.78, 5) is 23.7. The van der Waals surface area contributed by atoms with E-state index in [1.807, 2.05) is 0 Å². The second-order valence-electron chi connectivity index (χ2n) is 5.18. The van der Waals surface area contributed by atoms with Gasteiger partial charge in [-0.2, -0.15) is 13.2 Å². The minimum atomic E-state index is -4.62. The molecule has 0 aliphatic rings. The second kappa shape index (κ2) is 8.61. The third-order valence-corrected chi connectivity index (χ3v) is 3.61. The molecule has 0 spiro atoms. The predicted octanol–water partition coefficient (Wildman–Crippen LogP) is 5.17. The molecule has 28 heavy (non-hydrogen) atoms. The van der Waals surface area contributed by atoms with E-state index >= 15 is 0 Å².